The second-order valence-corrected chi connectivity index (χ2v) is 5.01. The standard InChI is InChI=1S/C11H17N3O2S/c1-8(12)10-13-9(7-17-10)11(15)14-3-2-5-16-6-4-14/h7-8H,2-6,12H2,1H3. The first-order chi connectivity index (χ1) is 8.18. The molecule has 17 heavy (non-hydrogen) atoms. The molecule has 5 nitrogen and oxygen atoms in total. The maximum absolute atomic E-state index is 12.2. The summed E-state index contributed by atoms with van der Waals surface area (Å²) in [6, 6.07) is -0.117. The topological polar surface area (TPSA) is 68.5 Å². The van der Waals surface area contributed by atoms with Crippen LogP contribution in [0.15, 0.2) is 5.38 Å². The van der Waals surface area contributed by atoms with Gasteiger partial charge in [-0.3, -0.25) is 4.79 Å². The second-order valence-electron chi connectivity index (χ2n) is 4.12. The van der Waals surface area contributed by atoms with Gasteiger partial charge in [0.15, 0.2) is 0 Å². The van der Waals surface area contributed by atoms with Crippen molar-refractivity contribution in [1.82, 2.24) is 9.88 Å². The largest absolute Gasteiger partial charge is 0.380 e. The molecule has 2 heterocycles. The molecule has 0 saturated carbocycles. The number of aromatic nitrogens is 1. The Kier molecular flexibility index (Phi) is 4.09. The molecule has 1 saturated heterocycles. The van der Waals surface area contributed by atoms with Gasteiger partial charge in [-0.1, -0.05) is 0 Å². The molecule has 94 valence electrons. The molecule has 1 atom stereocenters. The van der Waals surface area contributed by atoms with Gasteiger partial charge in [-0.2, -0.15) is 0 Å². The Bertz CT molecular complexity index is 384. The van der Waals surface area contributed by atoms with Gasteiger partial charge in [-0.15, -0.1) is 11.3 Å². The molecule has 1 aliphatic rings. The number of nitrogens with zero attached hydrogens (tertiary/aromatic N) is 2. The first-order valence-corrected chi connectivity index (χ1v) is 6.64. The molecule has 1 aromatic rings. The van der Waals surface area contributed by atoms with Crippen LogP contribution in [-0.4, -0.2) is 42.1 Å². The third-order valence-electron chi connectivity index (χ3n) is 2.64. The highest BCUT2D eigenvalue weighted by Gasteiger charge is 2.20. The number of rotatable bonds is 2. The van der Waals surface area contributed by atoms with Crippen molar-refractivity contribution in [3.8, 4) is 0 Å². The lowest BCUT2D eigenvalue weighted by atomic mass is 10.3. The van der Waals surface area contributed by atoms with E-state index in [-0.39, 0.29) is 11.9 Å². The van der Waals surface area contributed by atoms with Crippen molar-refractivity contribution >= 4 is 17.2 Å². The van der Waals surface area contributed by atoms with E-state index in [1.165, 1.54) is 11.3 Å². The summed E-state index contributed by atoms with van der Waals surface area (Å²) in [7, 11) is 0. The molecule has 0 bridgehead atoms. The molecule has 0 spiro atoms. The summed E-state index contributed by atoms with van der Waals surface area (Å²) in [5, 5.41) is 2.59. The van der Waals surface area contributed by atoms with Gasteiger partial charge in [0, 0.05) is 25.1 Å². The van der Waals surface area contributed by atoms with E-state index in [1.807, 2.05) is 6.92 Å². The second kappa shape index (κ2) is 5.57. The first kappa shape index (κ1) is 12.5. The summed E-state index contributed by atoms with van der Waals surface area (Å²) in [5.74, 6) is -0.0151. The molecule has 1 aliphatic heterocycles. The van der Waals surface area contributed by atoms with E-state index in [4.69, 9.17) is 10.5 Å². The molecule has 6 heteroatoms. The number of ether oxygens (including phenoxy) is 1. The molecular weight excluding hydrogens is 238 g/mol. The molecule has 2 rings (SSSR count). The van der Waals surface area contributed by atoms with Crippen molar-refractivity contribution < 1.29 is 9.53 Å². The van der Waals surface area contributed by atoms with Gasteiger partial charge in [0.05, 0.1) is 12.6 Å². The average Bonchev–Trinajstić information content (AvgIpc) is 2.65. The third kappa shape index (κ3) is 3.02. The predicted octanol–water partition coefficient (Wildman–Crippen LogP) is 1.03. The maximum atomic E-state index is 12.2. The van der Waals surface area contributed by atoms with Crippen LogP contribution < -0.4 is 5.73 Å². The van der Waals surface area contributed by atoms with Crippen LogP contribution in [-0.2, 0) is 4.74 Å². The van der Waals surface area contributed by atoms with E-state index in [9.17, 15) is 4.79 Å². The van der Waals surface area contributed by atoms with Crippen molar-refractivity contribution in [2.45, 2.75) is 19.4 Å². The van der Waals surface area contributed by atoms with E-state index in [2.05, 4.69) is 4.98 Å². The van der Waals surface area contributed by atoms with Crippen LogP contribution in [0.5, 0.6) is 0 Å². The Morgan fingerprint density at radius 1 is 1.59 bits per heavy atom. The third-order valence-corrected chi connectivity index (χ3v) is 3.69. The lowest BCUT2D eigenvalue weighted by Gasteiger charge is -2.18. The van der Waals surface area contributed by atoms with E-state index in [1.54, 1.807) is 10.3 Å². The minimum atomic E-state index is -0.117. The van der Waals surface area contributed by atoms with Crippen molar-refractivity contribution in [3.05, 3.63) is 16.1 Å². The SMILES string of the molecule is CC(N)c1nc(C(=O)N2CCCOCC2)cs1. The number of hydrogen-bond donors (Lipinski definition) is 1. The molecular formula is C11H17N3O2S. The van der Waals surface area contributed by atoms with Gasteiger partial charge in [-0.05, 0) is 13.3 Å². The molecule has 1 fully saturated rings. The van der Waals surface area contributed by atoms with E-state index in [0.29, 0.717) is 18.8 Å². The van der Waals surface area contributed by atoms with Crippen LogP contribution in [0.25, 0.3) is 0 Å². The van der Waals surface area contributed by atoms with Crippen molar-refractivity contribution in [2.75, 3.05) is 26.3 Å². The quantitative estimate of drug-likeness (QED) is 0.857. The Balaban J connectivity index is 2.06. The molecule has 0 radical (unpaired) electrons. The monoisotopic (exact) mass is 255 g/mol. The number of amides is 1. The van der Waals surface area contributed by atoms with Crippen LogP contribution in [0.2, 0.25) is 0 Å². The zero-order valence-electron chi connectivity index (χ0n) is 9.89. The minimum Gasteiger partial charge on any atom is -0.380 e. The Morgan fingerprint density at radius 2 is 2.41 bits per heavy atom. The van der Waals surface area contributed by atoms with Crippen LogP contribution in [0.1, 0.15) is 34.9 Å². The van der Waals surface area contributed by atoms with E-state index < -0.39 is 0 Å². The fourth-order valence-corrected chi connectivity index (χ4v) is 2.46. The Morgan fingerprint density at radius 3 is 3.12 bits per heavy atom. The van der Waals surface area contributed by atoms with Crippen molar-refractivity contribution in [3.63, 3.8) is 0 Å². The summed E-state index contributed by atoms with van der Waals surface area (Å²) >= 11 is 1.44. The molecule has 1 unspecified atom stereocenters. The molecule has 1 aromatic heterocycles. The Hall–Kier alpha value is -0.980. The van der Waals surface area contributed by atoms with Gasteiger partial charge < -0.3 is 15.4 Å². The number of nitrogens with two attached hydrogens (primary N) is 1. The number of carbonyl (C=O) groups is 1. The molecule has 2 N–H and O–H groups in total. The average molecular weight is 255 g/mol. The molecule has 0 aliphatic carbocycles. The van der Waals surface area contributed by atoms with Gasteiger partial charge in [0.2, 0.25) is 0 Å². The summed E-state index contributed by atoms with van der Waals surface area (Å²) in [5.41, 5.74) is 6.24. The fraction of sp³-hybridized carbons (Fsp3) is 0.636. The van der Waals surface area contributed by atoms with Gasteiger partial charge >= 0.3 is 0 Å². The lowest BCUT2D eigenvalue weighted by molar-refractivity contribution is 0.0736. The number of carbonyl (C=O) groups excluding carboxylic acids is 1. The van der Waals surface area contributed by atoms with Gasteiger partial charge in [0.1, 0.15) is 10.7 Å². The highest BCUT2D eigenvalue weighted by Crippen LogP contribution is 2.17. The zero-order valence-corrected chi connectivity index (χ0v) is 10.7. The summed E-state index contributed by atoms with van der Waals surface area (Å²) in [6.07, 6.45) is 0.885. The summed E-state index contributed by atoms with van der Waals surface area (Å²) < 4.78 is 5.32. The highest BCUT2D eigenvalue weighted by molar-refractivity contribution is 7.09. The van der Waals surface area contributed by atoms with Crippen molar-refractivity contribution in [2.24, 2.45) is 5.73 Å². The van der Waals surface area contributed by atoms with Crippen LogP contribution in [0.3, 0.4) is 0 Å². The summed E-state index contributed by atoms with van der Waals surface area (Å²) in [4.78, 5) is 18.2. The maximum Gasteiger partial charge on any atom is 0.273 e. The molecule has 1 amide bonds. The summed E-state index contributed by atoms with van der Waals surface area (Å²) in [6.45, 7) is 4.59. The van der Waals surface area contributed by atoms with Gasteiger partial charge in [-0.25, -0.2) is 4.98 Å². The van der Waals surface area contributed by atoms with Gasteiger partial charge in [0.25, 0.3) is 5.91 Å². The molecule has 0 aromatic carbocycles. The first-order valence-electron chi connectivity index (χ1n) is 5.76. The highest BCUT2D eigenvalue weighted by atomic mass is 32.1. The minimum absolute atomic E-state index is 0.0151. The normalized spacial score (nSPS) is 18.8. The van der Waals surface area contributed by atoms with Crippen LogP contribution >= 0.6 is 11.3 Å². The number of hydrogen-bond acceptors (Lipinski definition) is 5. The fourth-order valence-electron chi connectivity index (χ4n) is 1.71. The zero-order chi connectivity index (χ0) is 12.3. The van der Waals surface area contributed by atoms with E-state index in [0.717, 1.165) is 24.6 Å². The predicted molar refractivity (Wildman–Crippen MR) is 66.1 cm³/mol. The lowest BCUT2D eigenvalue weighted by Crippen LogP contribution is -2.33. The number of thiazole rings is 1. The van der Waals surface area contributed by atoms with E-state index >= 15 is 0 Å². The van der Waals surface area contributed by atoms with Crippen LogP contribution in [0, 0.1) is 0 Å². The van der Waals surface area contributed by atoms with Crippen molar-refractivity contribution in [1.29, 1.82) is 0 Å². The smallest absolute Gasteiger partial charge is 0.273 e. The van der Waals surface area contributed by atoms with Crippen LogP contribution in [0.4, 0.5) is 0 Å². The Labute approximate surface area is 105 Å².